The SMILES string of the molecule is Nc1ccc(SC2CCNCC2)nc1. The van der Waals surface area contributed by atoms with Gasteiger partial charge in [-0.25, -0.2) is 4.98 Å². The van der Waals surface area contributed by atoms with E-state index in [0.717, 1.165) is 23.8 Å². The number of thioether (sulfide) groups is 1. The maximum Gasteiger partial charge on any atom is 0.0964 e. The lowest BCUT2D eigenvalue weighted by Gasteiger charge is -2.21. The molecular weight excluding hydrogens is 194 g/mol. The summed E-state index contributed by atoms with van der Waals surface area (Å²) in [7, 11) is 0. The van der Waals surface area contributed by atoms with Crippen LogP contribution in [0.25, 0.3) is 0 Å². The van der Waals surface area contributed by atoms with Crippen LogP contribution in [-0.4, -0.2) is 23.3 Å². The minimum absolute atomic E-state index is 0.715. The number of piperidine rings is 1. The monoisotopic (exact) mass is 209 g/mol. The molecule has 2 rings (SSSR count). The Bertz CT molecular complexity index is 280. The highest BCUT2D eigenvalue weighted by molar-refractivity contribution is 7.99. The van der Waals surface area contributed by atoms with Crippen molar-refractivity contribution in [2.24, 2.45) is 0 Å². The van der Waals surface area contributed by atoms with Crippen molar-refractivity contribution in [3.8, 4) is 0 Å². The smallest absolute Gasteiger partial charge is 0.0964 e. The van der Waals surface area contributed by atoms with Gasteiger partial charge in [0, 0.05) is 5.25 Å². The molecule has 14 heavy (non-hydrogen) atoms. The third-order valence-electron chi connectivity index (χ3n) is 2.33. The predicted octanol–water partition coefficient (Wildman–Crippen LogP) is 1.51. The molecule has 0 atom stereocenters. The molecule has 1 fully saturated rings. The number of rotatable bonds is 2. The van der Waals surface area contributed by atoms with Gasteiger partial charge in [0.05, 0.1) is 16.9 Å². The molecule has 0 saturated carbocycles. The van der Waals surface area contributed by atoms with Gasteiger partial charge in [-0.1, -0.05) is 0 Å². The van der Waals surface area contributed by atoms with Crippen LogP contribution in [0.3, 0.4) is 0 Å². The van der Waals surface area contributed by atoms with Gasteiger partial charge in [0.2, 0.25) is 0 Å². The molecule has 0 amide bonds. The van der Waals surface area contributed by atoms with Crippen molar-refractivity contribution in [2.45, 2.75) is 23.1 Å². The van der Waals surface area contributed by atoms with Crippen LogP contribution in [0.15, 0.2) is 23.4 Å². The maximum atomic E-state index is 5.58. The number of nitrogens with zero attached hydrogens (tertiary/aromatic N) is 1. The van der Waals surface area contributed by atoms with Gasteiger partial charge in [0.15, 0.2) is 0 Å². The second kappa shape index (κ2) is 4.66. The highest BCUT2D eigenvalue weighted by Crippen LogP contribution is 2.27. The molecule has 0 bridgehead atoms. The predicted molar refractivity (Wildman–Crippen MR) is 60.4 cm³/mol. The number of anilines is 1. The van der Waals surface area contributed by atoms with E-state index in [-0.39, 0.29) is 0 Å². The van der Waals surface area contributed by atoms with Crippen molar-refractivity contribution in [3.05, 3.63) is 18.3 Å². The van der Waals surface area contributed by atoms with Gasteiger partial charge in [-0.2, -0.15) is 0 Å². The van der Waals surface area contributed by atoms with Crippen molar-refractivity contribution < 1.29 is 0 Å². The fraction of sp³-hybridized carbons (Fsp3) is 0.500. The van der Waals surface area contributed by atoms with E-state index < -0.39 is 0 Å². The van der Waals surface area contributed by atoms with Crippen LogP contribution in [0, 0.1) is 0 Å². The molecule has 4 heteroatoms. The van der Waals surface area contributed by atoms with E-state index in [0.29, 0.717) is 5.25 Å². The zero-order valence-electron chi connectivity index (χ0n) is 8.07. The largest absolute Gasteiger partial charge is 0.397 e. The van der Waals surface area contributed by atoms with Gasteiger partial charge in [0.1, 0.15) is 0 Å². The first-order valence-electron chi connectivity index (χ1n) is 4.93. The average Bonchev–Trinajstić information content (AvgIpc) is 2.23. The molecule has 3 nitrogen and oxygen atoms in total. The van der Waals surface area contributed by atoms with Gasteiger partial charge in [-0.15, -0.1) is 11.8 Å². The normalized spacial score (nSPS) is 18.3. The molecule has 1 aromatic heterocycles. The number of aromatic nitrogens is 1. The molecule has 1 aromatic rings. The highest BCUT2D eigenvalue weighted by atomic mass is 32.2. The quantitative estimate of drug-likeness (QED) is 0.775. The van der Waals surface area contributed by atoms with Crippen molar-refractivity contribution in [1.82, 2.24) is 10.3 Å². The lowest BCUT2D eigenvalue weighted by Crippen LogP contribution is -2.29. The summed E-state index contributed by atoms with van der Waals surface area (Å²) in [6, 6.07) is 3.92. The molecule has 2 heterocycles. The second-order valence-corrected chi connectivity index (χ2v) is 4.82. The Morgan fingerprint density at radius 2 is 2.14 bits per heavy atom. The van der Waals surface area contributed by atoms with E-state index >= 15 is 0 Å². The Morgan fingerprint density at radius 1 is 1.36 bits per heavy atom. The first kappa shape index (κ1) is 9.80. The molecule has 76 valence electrons. The molecule has 0 aliphatic carbocycles. The molecular formula is C10H15N3S. The van der Waals surface area contributed by atoms with Gasteiger partial charge in [-0.05, 0) is 38.1 Å². The molecule has 1 aliphatic rings. The number of nitrogen functional groups attached to an aromatic ring is 1. The summed E-state index contributed by atoms with van der Waals surface area (Å²) in [6.45, 7) is 2.26. The molecule has 1 saturated heterocycles. The summed E-state index contributed by atoms with van der Waals surface area (Å²) in [5.74, 6) is 0. The third-order valence-corrected chi connectivity index (χ3v) is 3.62. The minimum Gasteiger partial charge on any atom is -0.397 e. The number of nitrogens with one attached hydrogen (secondary N) is 1. The van der Waals surface area contributed by atoms with E-state index in [4.69, 9.17) is 5.73 Å². The molecule has 0 aromatic carbocycles. The zero-order chi connectivity index (χ0) is 9.80. The number of hydrogen-bond donors (Lipinski definition) is 2. The highest BCUT2D eigenvalue weighted by Gasteiger charge is 2.14. The van der Waals surface area contributed by atoms with Crippen LogP contribution in [0.2, 0.25) is 0 Å². The fourth-order valence-corrected chi connectivity index (χ4v) is 2.62. The molecule has 0 spiro atoms. The summed E-state index contributed by atoms with van der Waals surface area (Å²) < 4.78 is 0. The van der Waals surface area contributed by atoms with E-state index in [9.17, 15) is 0 Å². The average molecular weight is 209 g/mol. The minimum atomic E-state index is 0.715. The molecule has 0 radical (unpaired) electrons. The summed E-state index contributed by atoms with van der Waals surface area (Å²) in [6.07, 6.45) is 4.19. The van der Waals surface area contributed by atoms with Crippen molar-refractivity contribution in [3.63, 3.8) is 0 Å². The van der Waals surface area contributed by atoms with Gasteiger partial charge in [0.25, 0.3) is 0 Å². The maximum absolute atomic E-state index is 5.58. The van der Waals surface area contributed by atoms with E-state index in [1.807, 2.05) is 23.9 Å². The first-order valence-corrected chi connectivity index (χ1v) is 5.81. The van der Waals surface area contributed by atoms with Crippen molar-refractivity contribution in [1.29, 1.82) is 0 Å². The lowest BCUT2D eigenvalue weighted by atomic mass is 10.2. The summed E-state index contributed by atoms with van der Waals surface area (Å²) >= 11 is 1.87. The molecule has 1 aliphatic heterocycles. The van der Waals surface area contributed by atoms with Gasteiger partial charge < -0.3 is 11.1 Å². The van der Waals surface area contributed by atoms with Gasteiger partial charge >= 0.3 is 0 Å². The van der Waals surface area contributed by atoms with Crippen LogP contribution in [0.1, 0.15) is 12.8 Å². The van der Waals surface area contributed by atoms with Gasteiger partial charge in [-0.3, -0.25) is 0 Å². The standard InChI is InChI=1S/C10H15N3S/c11-8-1-2-10(13-7-8)14-9-3-5-12-6-4-9/h1-2,7,9,12H,3-6,11H2. The number of hydrogen-bond acceptors (Lipinski definition) is 4. The van der Waals surface area contributed by atoms with Crippen LogP contribution >= 0.6 is 11.8 Å². The first-order chi connectivity index (χ1) is 6.84. The van der Waals surface area contributed by atoms with E-state index in [1.165, 1.54) is 12.8 Å². The third kappa shape index (κ3) is 2.62. The summed E-state index contributed by atoms with van der Waals surface area (Å²) in [5.41, 5.74) is 6.31. The van der Waals surface area contributed by atoms with Crippen LogP contribution in [-0.2, 0) is 0 Å². The van der Waals surface area contributed by atoms with E-state index in [1.54, 1.807) is 6.20 Å². The Kier molecular flexibility index (Phi) is 3.26. The second-order valence-electron chi connectivity index (χ2n) is 3.50. The number of pyridine rings is 1. The summed E-state index contributed by atoms with van der Waals surface area (Å²) in [5, 5.41) is 5.16. The Balaban J connectivity index is 1.92. The Morgan fingerprint density at radius 3 is 2.79 bits per heavy atom. The van der Waals surface area contributed by atoms with Crippen molar-refractivity contribution >= 4 is 17.4 Å². The number of nitrogens with two attached hydrogens (primary N) is 1. The van der Waals surface area contributed by atoms with Crippen molar-refractivity contribution in [2.75, 3.05) is 18.8 Å². The Hall–Kier alpha value is -0.740. The lowest BCUT2D eigenvalue weighted by molar-refractivity contribution is 0.531. The zero-order valence-corrected chi connectivity index (χ0v) is 8.89. The van der Waals surface area contributed by atoms with Crippen LogP contribution < -0.4 is 11.1 Å². The summed E-state index contributed by atoms with van der Waals surface area (Å²) in [4.78, 5) is 4.29. The molecule has 0 unspecified atom stereocenters. The molecule has 3 N–H and O–H groups in total. The van der Waals surface area contributed by atoms with Crippen LogP contribution in [0.4, 0.5) is 5.69 Å². The van der Waals surface area contributed by atoms with Crippen LogP contribution in [0.5, 0.6) is 0 Å². The fourth-order valence-electron chi connectivity index (χ4n) is 1.55. The topological polar surface area (TPSA) is 50.9 Å². The Labute approximate surface area is 88.5 Å². The van der Waals surface area contributed by atoms with E-state index in [2.05, 4.69) is 10.3 Å².